The van der Waals surface area contributed by atoms with Gasteiger partial charge in [0, 0.05) is 6.07 Å². The van der Waals surface area contributed by atoms with Crippen LogP contribution in [0.5, 0.6) is 17.2 Å². The molecule has 24 heavy (non-hydrogen) atoms. The van der Waals surface area contributed by atoms with Gasteiger partial charge in [0.25, 0.3) is 0 Å². The Hall–Kier alpha value is -1.42. The molecule has 134 valence electrons. The number of fused-ring (bicyclic) bond motifs is 1. The first-order valence-electron chi connectivity index (χ1n) is 9.35. The summed E-state index contributed by atoms with van der Waals surface area (Å²) in [6.07, 6.45) is 7.55. The van der Waals surface area contributed by atoms with E-state index in [1.165, 1.54) is 32.1 Å². The normalized spacial score (nSPS) is 25.5. The van der Waals surface area contributed by atoms with Gasteiger partial charge in [0.1, 0.15) is 5.75 Å². The second-order valence-corrected chi connectivity index (χ2v) is 7.17. The third kappa shape index (κ3) is 4.15. The van der Waals surface area contributed by atoms with Gasteiger partial charge < -0.3 is 18.9 Å². The van der Waals surface area contributed by atoms with Crippen molar-refractivity contribution in [3.63, 3.8) is 0 Å². The van der Waals surface area contributed by atoms with Crippen molar-refractivity contribution in [2.45, 2.75) is 71.0 Å². The van der Waals surface area contributed by atoms with E-state index in [1.807, 2.05) is 18.2 Å². The second-order valence-electron chi connectivity index (χ2n) is 7.17. The molecule has 2 heterocycles. The number of ether oxygens (including phenoxy) is 4. The van der Waals surface area contributed by atoms with E-state index in [-0.39, 0.29) is 5.60 Å². The number of epoxide rings is 1. The molecular formula is C20H30O4. The van der Waals surface area contributed by atoms with Crippen molar-refractivity contribution in [3.8, 4) is 17.2 Å². The Bertz CT molecular complexity index is 544. The Balaban J connectivity index is 1.37. The van der Waals surface area contributed by atoms with Crippen LogP contribution in [0.4, 0.5) is 0 Å². The first kappa shape index (κ1) is 17.4. The van der Waals surface area contributed by atoms with Crippen molar-refractivity contribution >= 4 is 0 Å². The SMILES string of the molecule is CCCC1(C)OC1CCC(CC)CCOc1ccc2c(c1)OCO2. The minimum absolute atomic E-state index is 0.163. The van der Waals surface area contributed by atoms with Gasteiger partial charge in [-0.1, -0.05) is 26.7 Å². The lowest BCUT2D eigenvalue weighted by Crippen LogP contribution is -2.12. The molecule has 2 aliphatic rings. The summed E-state index contributed by atoms with van der Waals surface area (Å²) in [6.45, 7) is 7.80. The Labute approximate surface area is 145 Å². The van der Waals surface area contributed by atoms with Gasteiger partial charge in [-0.15, -0.1) is 0 Å². The zero-order chi connectivity index (χ0) is 17.0. The van der Waals surface area contributed by atoms with Crippen LogP contribution in [0.3, 0.4) is 0 Å². The van der Waals surface area contributed by atoms with Gasteiger partial charge in [-0.25, -0.2) is 0 Å². The van der Waals surface area contributed by atoms with Gasteiger partial charge in [0.2, 0.25) is 6.79 Å². The smallest absolute Gasteiger partial charge is 0.231 e. The van der Waals surface area contributed by atoms with E-state index in [4.69, 9.17) is 18.9 Å². The van der Waals surface area contributed by atoms with Crippen LogP contribution in [0.2, 0.25) is 0 Å². The predicted molar refractivity (Wildman–Crippen MR) is 93.9 cm³/mol. The molecule has 0 aliphatic carbocycles. The van der Waals surface area contributed by atoms with Crippen LogP contribution in [0, 0.1) is 5.92 Å². The third-order valence-corrected chi connectivity index (χ3v) is 5.34. The van der Waals surface area contributed by atoms with Crippen molar-refractivity contribution in [1.82, 2.24) is 0 Å². The molecule has 0 saturated carbocycles. The van der Waals surface area contributed by atoms with Crippen LogP contribution in [0.15, 0.2) is 18.2 Å². The highest BCUT2D eigenvalue weighted by Gasteiger charge is 2.50. The van der Waals surface area contributed by atoms with Gasteiger partial charge >= 0.3 is 0 Å². The first-order valence-corrected chi connectivity index (χ1v) is 9.35. The molecule has 1 fully saturated rings. The lowest BCUT2D eigenvalue weighted by molar-refractivity contribution is 0.173. The van der Waals surface area contributed by atoms with E-state index in [1.54, 1.807) is 0 Å². The Morgan fingerprint density at radius 3 is 2.83 bits per heavy atom. The first-order chi connectivity index (χ1) is 11.6. The molecule has 1 aromatic rings. The number of hydrogen-bond donors (Lipinski definition) is 0. The maximum Gasteiger partial charge on any atom is 0.231 e. The summed E-state index contributed by atoms with van der Waals surface area (Å²) in [5.74, 6) is 3.14. The molecule has 0 amide bonds. The van der Waals surface area contributed by atoms with Crippen molar-refractivity contribution < 1.29 is 18.9 Å². The molecule has 4 nitrogen and oxygen atoms in total. The topological polar surface area (TPSA) is 40.2 Å². The highest BCUT2D eigenvalue weighted by atomic mass is 16.7. The molecule has 3 atom stereocenters. The van der Waals surface area contributed by atoms with E-state index in [9.17, 15) is 0 Å². The minimum Gasteiger partial charge on any atom is -0.493 e. The van der Waals surface area contributed by atoms with Gasteiger partial charge in [0.05, 0.1) is 18.3 Å². The minimum atomic E-state index is 0.163. The zero-order valence-corrected chi connectivity index (χ0v) is 15.2. The van der Waals surface area contributed by atoms with E-state index in [0.717, 1.165) is 30.3 Å². The van der Waals surface area contributed by atoms with Crippen molar-refractivity contribution in [2.24, 2.45) is 5.92 Å². The molecule has 1 saturated heterocycles. The van der Waals surface area contributed by atoms with Gasteiger partial charge in [-0.3, -0.25) is 0 Å². The molecule has 0 N–H and O–H groups in total. The fraction of sp³-hybridized carbons (Fsp3) is 0.700. The van der Waals surface area contributed by atoms with Crippen LogP contribution in [0.1, 0.15) is 59.3 Å². The highest BCUT2D eigenvalue weighted by molar-refractivity contribution is 5.46. The monoisotopic (exact) mass is 334 g/mol. The molecule has 0 spiro atoms. The third-order valence-electron chi connectivity index (χ3n) is 5.34. The van der Waals surface area contributed by atoms with Gasteiger partial charge in [-0.05, 0) is 50.7 Å². The fourth-order valence-electron chi connectivity index (χ4n) is 3.62. The summed E-state index contributed by atoms with van der Waals surface area (Å²) < 4.78 is 22.5. The average molecular weight is 334 g/mol. The number of benzene rings is 1. The summed E-state index contributed by atoms with van der Waals surface area (Å²) >= 11 is 0. The molecule has 3 unspecified atom stereocenters. The predicted octanol–water partition coefficient (Wildman–Crippen LogP) is 4.95. The highest BCUT2D eigenvalue weighted by Crippen LogP contribution is 2.43. The molecule has 0 radical (unpaired) electrons. The largest absolute Gasteiger partial charge is 0.493 e. The maximum atomic E-state index is 5.90. The zero-order valence-electron chi connectivity index (χ0n) is 15.2. The number of hydrogen-bond acceptors (Lipinski definition) is 4. The molecule has 4 heteroatoms. The Morgan fingerprint density at radius 2 is 2.04 bits per heavy atom. The lowest BCUT2D eigenvalue weighted by atomic mass is 9.92. The van der Waals surface area contributed by atoms with E-state index < -0.39 is 0 Å². The molecule has 1 aromatic carbocycles. The van der Waals surface area contributed by atoms with Gasteiger partial charge in [0.15, 0.2) is 11.5 Å². The van der Waals surface area contributed by atoms with Crippen LogP contribution >= 0.6 is 0 Å². The van der Waals surface area contributed by atoms with E-state index >= 15 is 0 Å². The molecule has 0 bridgehead atoms. The van der Waals surface area contributed by atoms with Crippen LogP contribution in [-0.2, 0) is 4.74 Å². The summed E-state index contributed by atoms with van der Waals surface area (Å²) in [6, 6.07) is 5.77. The fourth-order valence-corrected chi connectivity index (χ4v) is 3.62. The summed E-state index contributed by atoms with van der Waals surface area (Å²) in [4.78, 5) is 0. The summed E-state index contributed by atoms with van der Waals surface area (Å²) in [5.41, 5.74) is 0.163. The van der Waals surface area contributed by atoms with E-state index in [0.29, 0.717) is 18.8 Å². The van der Waals surface area contributed by atoms with Crippen molar-refractivity contribution in [3.05, 3.63) is 18.2 Å². The molecule has 3 rings (SSSR count). The Kier molecular flexibility index (Phi) is 5.54. The maximum absolute atomic E-state index is 5.90. The lowest BCUT2D eigenvalue weighted by Gasteiger charge is -2.15. The quantitative estimate of drug-likeness (QED) is 0.568. The van der Waals surface area contributed by atoms with Crippen LogP contribution in [-0.4, -0.2) is 25.1 Å². The summed E-state index contributed by atoms with van der Waals surface area (Å²) in [5, 5.41) is 0. The standard InChI is InChI=1S/C20H30O4/c1-4-11-20(3)19(24-20)9-6-15(5-2)10-12-21-16-7-8-17-18(13-16)23-14-22-17/h7-8,13,15,19H,4-6,9-12,14H2,1-3H3. The molecule has 2 aliphatic heterocycles. The van der Waals surface area contributed by atoms with Crippen LogP contribution in [0.25, 0.3) is 0 Å². The van der Waals surface area contributed by atoms with E-state index in [2.05, 4.69) is 20.8 Å². The van der Waals surface area contributed by atoms with Gasteiger partial charge in [-0.2, -0.15) is 0 Å². The summed E-state index contributed by atoms with van der Waals surface area (Å²) in [7, 11) is 0. The molecule has 0 aromatic heterocycles. The Morgan fingerprint density at radius 1 is 1.21 bits per heavy atom. The van der Waals surface area contributed by atoms with Crippen molar-refractivity contribution in [1.29, 1.82) is 0 Å². The van der Waals surface area contributed by atoms with Crippen LogP contribution < -0.4 is 14.2 Å². The molecular weight excluding hydrogens is 304 g/mol. The average Bonchev–Trinajstić information content (AvgIpc) is 3.00. The number of rotatable bonds is 10. The second kappa shape index (κ2) is 7.64. The van der Waals surface area contributed by atoms with Crippen molar-refractivity contribution in [2.75, 3.05) is 13.4 Å².